The number of methoxy groups -OCH3 is 1. The number of halogens is 1. The van der Waals surface area contributed by atoms with Gasteiger partial charge in [0.2, 0.25) is 5.91 Å². The highest BCUT2D eigenvalue weighted by Crippen LogP contribution is 2.30. The van der Waals surface area contributed by atoms with Crippen LogP contribution in [0.2, 0.25) is 0 Å². The maximum Gasteiger partial charge on any atom is 0.248 e. The number of aromatic nitrogens is 2. The highest BCUT2D eigenvalue weighted by molar-refractivity contribution is 6.14. The summed E-state index contributed by atoms with van der Waals surface area (Å²) in [4.78, 5) is 29.3. The van der Waals surface area contributed by atoms with Crippen LogP contribution >= 0.6 is 0 Å². The fourth-order valence-electron chi connectivity index (χ4n) is 3.81. The van der Waals surface area contributed by atoms with Crippen molar-refractivity contribution in [1.82, 2.24) is 14.9 Å². The van der Waals surface area contributed by atoms with Gasteiger partial charge in [0.1, 0.15) is 18.8 Å². The zero-order chi connectivity index (χ0) is 22.0. The number of piperazine rings is 1. The molecule has 31 heavy (non-hydrogen) atoms. The molecule has 2 aliphatic heterocycles. The van der Waals surface area contributed by atoms with Gasteiger partial charge < -0.3 is 19.3 Å². The Hall–Kier alpha value is -3.07. The van der Waals surface area contributed by atoms with E-state index in [0.29, 0.717) is 44.1 Å². The van der Waals surface area contributed by atoms with Gasteiger partial charge in [0, 0.05) is 44.9 Å². The highest BCUT2D eigenvalue weighted by Gasteiger charge is 2.25. The SMILES string of the molecule is COCC(=O)N1CCN(c2cc(C3=NCc4cc(F)c(OC(C)C)cc43)ncn2)CC1. The molecule has 1 amide bonds. The molecule has 1 saturated heterocycles. The van der Waals surface area contributed by atoms with E-state index in [1.807, 2.05) is 19.9 Å². The molecule has 2 aromatic rings. The Labute approximate surface area is 180 Å². The first-order valence-corrected chi connectivity index (χ1v) is 10.3. The van der Waals surface area contributed by atoms with Crippen LogP contribution in [0.4, 0.5) is 10.2 Å². The first-order valence-electron chi connectivity index (χ1n) is 10.3. The van der Waals surface area contributed by atoms with Gasteiger partial charge in [0.05, 0.1) is 24.1 Å². The number of hydrogen-bond acceptors (Lipinski definition) is 7. The Bertz CT molecular complexity index is 1000. The summed E-state index contributed by atoms with van der Waals surface area (Å²) >= 11 is 0. The van der Waals surface area contributed by atoms with Crippen molar-refractivity contribution in [1.29, 1.82) is 0 Å². The number of fused-ring (bicyclic) bond motifs is 1. The standard InChI is InChI=1S/C22H26FN5O3/c1-14(2)31-19-9-16-15(8-17(19)23)11-24-22(16)18-10-20(26-13-25-18)27-4-6-28(7-5-27)21(29)12-30-3/h8-10,13-14H,4-7,11-12H2,1-3H3. The first kappa shape index (κ1) is 21.2. The van der Waals surface area contributed by atoms with Crippen molar-refractivity contribution < 1.29 is 18.7 Å². The van der Waals surface area contributed by atoms with Crippen molar-refractivity contribution in [3.8, 4) is 5.75 Å². The van der Waals surface area contributed by atoms with E-state index in [1.54, 1.807) is 11.0 Å². The fourth-order valence-corrected chi connectivity index (χ4v) is 3.81. The Balaban J connectivity index is 1.53. The van der Waals surface area contributed by atoms with Gasteiger partial charge in [0.15, 0.2) is 11.6 Å². The van der Waals surface area contributed by atoms with E-state index >= 15 is 0 Å². The molecule has 0 atom stereocenters. The monoisotopic (exact) mass is 427 g/mol. The van der Waals surface area contributed by atoms with E-state index in [-0.39, 0.29) is 30.2 Å². The van der Waals surface area contributed by atoms with Crippen LogP contribution in [0.1, 0.15) is 30.7 Å². The molecule has 1 aromatic carbocycles. The van der Waals surface area contributed by atoms with Crippen LogP contribution in [0.25, 0.3) is 0 Å². The summed E-state index contributed by atoms with van der Waals surface area (Å²) in [5.74, 6) is 0.609. The van der Waals surface area contributed by atoms with Crippen molar-refractivity contribution in [2.24, 2.45) is 4.99 Å². The van der Waals surface area contributed by atoms with Crippen LogP contribution in [-0.2, 0) is 16.1 Å². The first-order chi connectivity index (χ1) is 15.0. The topological polar surface area (TPSA) is 80.2 Å². The smallest absolute Gasteiger partial charge is 0.248 e. The minimum atomic E-state index is -0.381. The largest absolute Gasteiger partial charge is 0.488 e. The number of hydrogen-bond donors (Lipinski definition) is 0. The van der Waals surface area contributed by atoms with Crippen LogP contribution in [0.15, 0.2) is 29.5 Å². The molecule has 0 spiro atoms. The molecule has 1 aromatic heterocycles. The molecule has 9 heteroatoms. The number of rotatable bonds is 6. The minimum absolute atomic E-state index is 0.00547. The van der Waals surface area contributed by atoms with E-state index in [2.05, 4.69) is 19.9 Å². The third-order valence-electron chi connectivity index (χ3n) is 5.30. The molecule has 0 radical (unpaired) electrons. The lowest BCUT2D eigenvalue weighted by Gasteiger charge is -2.35. The second-order valence-corrected chi connectivity index (χ2v) is 7.83. The van der Waals surface area contributed by atoms with E-state index in [4.69, 9.17) is 9.47 Å². The number of carbonyl (C=O) groups excluding carboxylic acids is 1. The molecule has 4 rings (SSSR count). The Morgan fingerprint density at radius 2 is 1.94 bits per heavy atom. The second-order valence-electron chi connectivity index (χ2n) is 7.83. The Morgan fingerprint density at radius 1 is 1.16 bits per heavy atom. The van der Waals surface area contributed by atoms with Gasteiger partial charge in [0.25, 0.3) is 0 Å². The molecular weight excluding hydrogens is 401 g/mol. The third kappa shape index (κ3) is 4.51. The van der Waals surface area contributed by atoms with Gasteiger partial charge in [-0.15, -0.1) is 0 Å². The predicted octanol–water partition coefficient (Wildman–Crippen LogP) is 2.05. The minimum Gasteiger partial charge on any atom is -0.488 e. The van der Waals surface area contributed by atoms with Crippen molar-refractivity contribution in [3.05, 3.63) is 47.2 Å². The summed E-state index contributed by atoms with van der Waals surface area (Å²) in [6.45, 7) is 6.80. The normalized spacial score (nSPS) is 15.8. The van der Waals surface area contributed by atoms with Crippen LogP contribution in [0.3, 0.4) is 0 Å². The van der Waals surface area contributed by atoms with Gasteiger partial charge in [-0.05, 0) is 31.5 Å². The summed E-state index contributed by atoms with van der Waals surface area (Å²) in [5, 5.41) is 0. The van der Waals surface area contributed by atoms with Crippen LogP contribution in [0, 0.1) is 5.82 Å². The van der Waals surface area contributed by atoms with Crippen molar-refractivity contribution in [3.63, 3.8) is 0 Å². The predicted molar refractivity (Wildman–Crippen MR) is 114 cm³/mol. The van der Waals surface area contributed by atoms with Crippen molar-refractivity contribution in [2.45, 2.75) is 26.5 Å². The summed E-state index contributed by atoms with van der Waals surface area (Å²) in [5.41, 5.74) is 3.04. The lowest BCUT2D eigenvalue weighted by atomic mass is 10.0. The van der Waals surface area contributed by atoms with Crippen LogP contribution in [-0.4, -0.2) is 72.5 Å². The van der Waals surface area contributed by atoms with Gasteiger partial charge in [-0.1, -0.05) is 0 Å². The number of nitrogens with zero attached hydrogens (tertiary/aromatic N) is 5. The van der Waals surface area contributed by atoms with Gasteiger partial charge in [-0.25, -0.2) is 14.4 Å². The maximum atomic E-state index is 14.3. The lowest BCUT2D eigenvalue weighted by molar-refractivity contribution is -0.135. The summed E-state index contributed by atoms with van der Waals surface area (Å²) in [7, 11) is 1.52. The molecule has 0 bridgehead atoms. The summed E-state index contributed by atoms with van der Waals surface area (Å²) < 4.78 is 24.9. The number of anilines is 1. The number of amides is 1. The van der Waals surface area contributed by atoms with Gasteiger partial charge >= 0.3 is 0 Å². The zero-order valence-electron chi connectivity index (χ0n) is 18.0. The van der Waals surface area contributed by atoms with E-state index in [9.17, 15) is 9.18 Å². The molecule has 0 unspecified atom stereocenters. The molecule has 0 saturated carbocycles. The molecule has 8 nitrogen and oxygen atoms in total. The quantitative estimate of drug-likeness (QED) is 0.702. The third-order valence-corrected chi connectivity index (χ3v) is 5.30. The molecule has 3 heterocycles. The Kier molecular flexibility index (Phi) is 6.13. The summed E-state index contributed by atoms with van der Waals surface area (Å²) in [6.07, 6.45) is 1.39. The molecular formula is C22H26FN5O3. The maximum absolute atomic E-state index is 14.3. The average Bonchev–Trinajstić information content (AvgIpc) is 3.16. The number of aliphatic imine (C=N–C) groups is 1. The van der Waals surface area contributed by atoms with E-state index in [0.717, 1.165) is 16.9 Å². The van der Waals surface area contributed by atoms with Gasteiger partial charge in [-0.2, -0.15) is 0 Å². The summed E-state index contributed by atoms with van der Waals surface area (Å²) in [6, 6.07) is 5.09. The molecule has 0 aliphatic carbocycles. The zero-order valence-corrected chi connectivity index (χ0v) is 18.0. The number of benzene rings is 1. The van der Waals surface area contributed by atoms with Crippen LogP contribution < -0.4 is 9.64 Å². The second kappa shape index (κ2) is 8.97. The van der Waals surface area contributed by atoms with E-state index in [1.165, 1.54) is 19.5 Å². The molecule has 2 aliphatic rings. The van der Waals surface area contributed by atoms with Crippen molar-refractivity contribution in [2.75, 3.05) is 44.8 Å². The number of carbonyl (C=O) groups is 1. The lowest BCUT2D eigenvalue weighted by Crippen LogP contribution is -2.50. The Morgan fingerprint density at radius 3 is 2.65 bits per heavy atom. The van der Waals surface area contributed by atoms with Crippen LogP contribution in [0.5, 0.6) is 5.75 Å². The number of ether oxygens (including phenoxy) is 2. The van der Waals surface area contributed by atoms with E-state index < -0.39 is 0 Å². The van der Waals surface area contributed by atoms with Gasteiger partial charge in [-0.3, -0.25) is 9.79 Å². The molecule has 1 fully saturated rings. The fraction of sp³-hybridized carbons (Fsp3) is 0.455. The molecule has 164 valence electrons. The molecule has 0 N–H and O–H groups in total. The highest BCUT2D eigenvalue weighted by atomic mass is 19.1. The average molecular weight is 427 g/mol. The van der Waals surface area contributed by atoms with Crippen molar-refractivity contribution >= 4 is 17.4 Å².